The summed E-state index contributed by atoms with van der Waals surface area (Å²) in [7, 11) is -3.55. The fourth-order valence-electron chi connectivity index (χ4n) is 7.15. The van der Waals surface area contributed by atoms with Gasteiger partial charge in [-0.3, -0.25) is 9.69 Å². The fourth-order valence-corrected chi connectivity index (χ4v) is 8.57. The SMILES string of the molecule is CCOc1ccc(S(=O)(=O)N2CCN([C@@H](C)C(=O)NC34CC5CC(CC(C5)C3)C4)CC2)cc1. The fraction of sp³-hybridized carbons (Fsp3) is 0.720. The van der Waals surface area contributed by atoms with E-state index in [1.807, 2.05) is 13.8 Å². The van der Waals surface area contributed by atoms with Gasteiger partial charge < -0.3 is 10.1 Å². The van der Waals surface area contributed by atoms with Crippen LogP contribution in [0, 0.1) is 17.8 Å². The third-order valence-corrected chi connectivity index (χ3v) is 10.3. The van der Waals surface area contributed by atoms with Gasteiger partial charge in [0.15, 0.2) is 0 Å². The Hall–Kier alpha value is -1.64. The van der Waals surface area contributed by atoms with Crippen molar-refractivity contribution in [2.24, 2.45) is 17.8 Å². The number of carbonyl (C=O) groups is 1. The number of amides is 1. The standard InChI is InChI=1S/C25H37N3O4S/c1-3-32-22-4-6-23(7-5-22)33(30,31)28-10-8-27(9-11-28)18(2)24(29)26-25-15-19-12-20(16-25)14-21(13-19)17-25/h4-7,18-21H,3,8-17H2,1-2H3,(H,26,29)/t18-,19?,20?,21?,25?/m0/s1. The lowest BCUT2D eigenvalue weighted by molar-refractivity contribution is -0.132. The van der Waals surface area contributed by atoms with Gasteiger partial charge in [-0.1, -0.05) is 0 Å². The van der Waals surface area contributed by atoms with Crippen LogP contribution in [0.5, 0.6) is 5.75 Å². The highest BCUT2D eigenvalue weighted by molar-refractivity contribution is 7.89. The maximum atomic E-state index is 13.2. The van der Waals surface area contributed by atoms with Crippen LogP contribution in [0.1, 0.15) is 52.4 Å². The first-order valence-electron chi connectivity index (χ1n) is 12.6. The molecule has 1 aromatic carbocycles. The molecule has 6 rings (SSSR count). The van der Waals surface area contributed by atoms with Gasteiger partial charge in [0.1, 0.15) is 5.75 Å². The Balaban J connectivity index is 1.17. The minimum absolute atomic E-state index is 0.0128. The normalized spacial score (nSPS) is 33.1. The van der Waals surface area contributed by atoms with Gasteiger partial charge in [-0.2, -0.15) is 4.31 Å². The Kier molecular flexibility index (Phi) is 6.20. The van der Waals surface area contributed by atoms with E-state index >= 15 is 0 Å². The summed E-state index contributed by atoms with van der Waals surface area (Å²) >= 11 is 0. The van der Waals surface area contributed by atoms with Crippen molar-refractivity contribution >= 4 is 15.9 Å². The first-order chi connectivity index (χ1) is 15.8. The first-order valence-corrected chi connectivity index (χ1v) is 14.0. The van der Waals surface area contributed by atoms with Crippen LogP contribution < -0.4 is 10.1 Å². The van der Waals surface area contributed by atoms with E-state index in [1.54, 1.807) is 24.3 Å². The molecule has 1 atom stereocenters. The summed E-state index contributed by atoms with van der Waals surface area (Å²) < 4.78 is 33.1. The zero-order chi connectivity index (χ0) is 23.2. The lowest BCUT2D eigenvalue weighted by Gasteiger charge is -2.57. The molecule has 7 nitrogen and oxygen atoms in total. The van der Waals surface area contributed by atoms with Crippen LogP contribution in [0.4, 0.5) is 0 Å². The van der Waals surface area contributed by atoms with Crippen LogP contribution >= 0.6 is 0 Å². The summed E-state index contributed by atoms with van der Waals surface area (Å²) in [6.07, 6.45) is 7.50. The lowest BCUT2D eigenvalue weighted by Crippen LogP contribution is -2.63. The van der Waals surface area contributed by atoms with Crippen molar-refractivity contribution in [2.75, 3.05) is 32.8 Å². The summed E-state index contributed by atoms with van der Waals surface area (Å²) in [4.78, 5) is 15.6. The highest BCUT2D eigenvalue weighted by atomic mass is 32.2. The van der Waals surface area contributed by atoms with Gasteiger partial charge in [-0.05, 0) is 94.4 Å². The summed E-state index contributed by atoms with van der Waals surface area (Å²) in [5, 5.41) is 3.48. The molecule has 1 aromatic rings. The Morgan fingerprint density at radius 3 is 2.09 bits per heavy atom. The average molecular weight is 476 g/mol. The number of benzene rings is 1. The van der Waals surface area contributed by atoms with E-state index in [0.717, 1.165) is 37.0 Å². The third kappa shape index (κ3) is 4.54. The molecule has 1 saturated heterocycles. The molecular weight excluding hydrogens is 438 g/mol. The van der Waals surface area contributed by atoms with Crippen LogP contribution in [0.15, 0.2) is 29.2 Å². The Bertz CT molecular complexity index is 935. The summed E-state index contributed by atoms with van der Waals surface area (Å²) in [5.74, 6) is 3.16. The van der Waals surface area contributed by atoms with Crippen molar-refractivity contribution < 1.29 is 17.9 Å². The van der Waals surface area contributed by atoms with Gasteiger partial charge in [0, 0.05) is 31.7 Å². The smallest absolute Gasteiger partial charge is 0.243 e. The molecule has 0 aromatic heterocycles. The number of nitrogens with zero attached hydrogens (tertiary/aromatic N) is 2. The van der Waals surface area contributed by atoms with E-state index in [-0.39, 0.29) is 22.4 Å². The highest BCUT2D eigenvalue weighted by Crippen LogP contribution is 2.55. The number of ether oxygens (including phenoxy) is 1. The summed E-state index contributed by atoms with van der Waals surface area (Å²) in [6.45, 7) is 6.32. The van der Waals surface area contributed by atoms with Crippen LogP contribution in [-0.2, 0) is 14.8 Å². The van der Waals surface area contributed by atoms with Crippen molar-refractivity contribution in [2.45, 2.75) is 68.8 Å². The minimum atomic E-state index is -3.55. The molecule has 33 heavy (non-hydrogen) atoms. The molecule has 0 spiro atoms. The van der Waals surface area contributed by atoms with Gasteiger partial charge in [-0.15, -0.1) is 0 Å². The van der Waals surface area contributed by atoms with Gasteiger partial charge >= 0.3 is 0 Å². The number of piperazine rings is 1. The van der Waals surface area contributed by atoms with Gasteiger partial charge in [0.05, 0.1) is 17.5 Å². The van der Waals surface area contributed by atoms with Crippen LogP contribution in [0.25, 0.3) is 0 Å². The molecule has 5 fully saturated rings. The molecule has 5 aliphatic rings. The van der Waals surface area contributed by atoms with E-state index in [4.69, 9.17) is 4.74 Å². The summed E-state index contributed by atoms with van der Waals surface area (Å²) in [5.41, 5.74) is 0.0128. The monoisotopic (exact) mass is 475 g/mol. The van der Waals surface area contributed by atoms with E-state index in [0.29, 0.717) is 38.5 Å². The van der Waals surface area contributed by atoms with Crippen molar-refractivity contribution in [3.8, 4) is 5.75 Å². The molecule has 4 aliphatic carbocycles. The Labute approximate surface area is 197 Å². The molecule has 182 valence electrons. The number of nitrogens with one attached hydrogen (secondary N) is 1. The quantitative estimate of drug-likeness (QED) is 0.656. The maximum Gasteiger partial charge on any atom is 0.243 e. The van der Waals surface area contributed by atoms with Crippen LogP contribution in [0.3, 0.4) is 0 Å². The minimum Gasteiger partial charge on any atom is -0.494 e. The number of sulfonamides is 1. The van der Waals surface area contributed by atoms with E-state index in [1.165, 1.54) is 23.6 Å². The molecule has 4 saturated carbocycles. The van der Waals surface area contributed by atoms with Crippen molar-refractivity contribution in [3.63, 3.8) is 0 Å². The largest absolute Gasteiger partial charge is 0.494 e. The van der Waals surface area contributed by atoms with E-state index in [9.17, 15) is 13.2 Å². The van der Waals surface area contributed by atoms with Crippen LogP contribution in [0.2, 0.25) is 0 Å². The summed E-state index contributed by atoms with van der Waals surface area (Å²) in [6, 6.07) is 6.36. The highest BCUT2D eigenvalue weighted by Gasteiger charge is 2.52. The third-order valence-electron chi connectivity index (χ3n) is 8.40. The molecule has 1 N–H and O–H groups in total. The molecule has 1 aliphatic heterocycles. The van der Waals surface area contributed by atoms with E-state index in [2.05, 4.69) is 10.2 Å². The Morgan fingerprint density at radius 2 is 1.58 bits per heavy atom. The Morgan fingerprint density at radius 1 is 1.03 bits per heavy atom. The molecule has 8 heteroatoms. The average Bonchev–Trinajstić information content (AvgIpc) is 2.78. The zero-order valence-electron chi connectivity index (χ0n) is 19.8. The number of hydrogen-bond donors (Lipinski definition) is 1. The second-order valence-corrected chi connectivity index (χ2v) is 12.6. The molecule has 1 amide bonds. The number of rotatable bonds is 7. The van der Waals surface area contributed by atoms with Crippen LogP contribution in [-0.4, -0.2) is 67.9 Å². The predicted molar refractivity (Wildman–Crippen MR) is 126 cm³/mol. The number of carbonyl (C=O) groups excluding carboxylic acids is 1. The molecule has 4 bridgehead atoms. The van der Waals surface area contributed by atoms with Gasteiger partial charge in [-0.25, -0.2) is 8.42 Å². The van der Waals surface area contributed by atoms with E-state index < -0.39 is 10.0 Å². The predicted octanol–water partition coefficient (Wildman–Crippen LogP) is 2.87. The van der Waals surface area contributed by atoms with Gasteiger partial charge in [0.2, 0.25) is 15.9 Å². The van der Waals surface area contributed by atoms with Gasteiger partial charge in [0.25, 0.3) is 0 Å². The van der Waals surface area contributed by atoms with Crippen molar-refractivity contribution in [1.29, 1.82) is 0 Å². The first kappa shape index (κ1) is 23.1. The maximum absolute atomic E-state index is 13.2. The van der Waals surface area contributed by atoms with Crippen molar-refractivity contribution in [3.05, 3.63) is 24.3 Å². The molecule has 0 unspecified atom stereocenters. The topological polar surface area (TPSA) is 79.0 Å². The lowest BCUT2D eigenvalue weighted by atomic mass is 9.53. The molecule has 0 radical (unpaired) electrons. The molecular formula is C25H37N3O4S. The zero-order valence-corrected chi connectivity index (χ0v) is 20.6. The number of hydrogen-bond acceptors (Lipinski definition) is 5. The van der Waals surface area contributed by atoms with Crippen molar-refractivity contribution in [1.82, 2.24) is 14.5 Å². The molecule has 1 heterocycles. The second-order valence-electron chi connectivity index (χ2n) is 10.7. The second kappa shape index (κ2) is 8.86.